The quantitative estimate of drug-likeness (QED) is 0.488. The van der Waals surface area contributed by atoms with Crippen molar-refractivity contribution in [2.75, 3.05) is 6.61 Å². The molecule has 86 valence electrons. The van der Waals surface area contributed by atoms with Gasteiger partial charge in [0.15, 0.2) is 0 Å². The zero-order chi connectivity index (χ0) is 12.3. The average molecular weight is 289 g/mol. The zero-order valence-electron chi connectivity index (χ0n) is 8.84. The summed E-state index contributed by atoms with van der Waals surface area (Å²) in [6, 6.07) is 2.66. The number of rotatable bonds is 3. The predicted molar refractivity (Wildman–Crippen MR) is 59.8 cm³/mol. The smallest absolute Gasteiger partial charge is 0.379 e. The second-order valence-electron chi connectivity index (χ2n) is 3.10. The molecule has 16 heavy (non-hydrogen) atoms. The second kappa shape index (κ2) is 5.21. The fraction of sp³-hybridized carbons (Fsp3) is 0.273. The van der Waals surface area contributed by atoms with E-state index in [9.17, 15) is 14.0 Å². The molecule has 0 spiro atoms. The summed E-state index contributed by atoms with van der Waals surface area (Å²) in [5.41, 5.74) is 0.396. The number of ketones is 1. The number of aryl methyl sites for hydroxylation is 1. The predicted octanol–water partition coefficient (Wildman–Crippen LogP) is 2.64. The van der Waals surface area contributed by atoms with Crippen molar-refractivity contribution < 1.29 is 18.7 Å². The van der Waals surface area contributed by atoms with Gasteiger partial charge in [0.25, 0.3) is 5.78 Å². The molecular formula is C11H10BrFO3. The topological polar surface area (TPSA) is 43.4 Å². The minimum Gasteiger partial charge on any atom is -0.460 e. The first-order valence-electron chi connectivity index (χ1n) is 4.65. The van der Waals surface area contributed by atoms with Gasteiger partial charge in [-0.05, 0) is 41.4 Å². The summed E-state index contributed by atoms with van der Waals surface area (Å²) in [7, 11) is 0. The summed E-state index contributed by atoms with van der Waals surface area (Å²) >= 11 is 3.08. The highest BCUT2D eigenvalue weighted by atomic mass is 79.9. The van der Waals surface area contributed by atoms with Crippen LogP contribution in [0, 0.1) is 12.7 Å². The van der Waals surface area contributed by atoms with Crippen LogP contribution in [0.5, 0.6) is 0 Å². The van der Waals surface area contributed by atoms with Gasteiger partial charge < -0.3 is 4.74 Å². The van der Waals surface area contributed by atoms with E-state index in [-0.39, 0.29) is 16.6 Å². The van der Waals surface area contributed by atoms with Crippen LogP contribution in [-0.2, 0) is 9.53 Å². The van der Waals surface area contributed by atoms with Crippen LogP contribution in [0.4, 0.5) is 4.39 Å². The van der Waals surface area contributed by atoms with Crippen molar-refractivity contribution in [3.63, 3.8) is 0 Å². The van der Waals surface area contributed by atoms with Crippen molar-refractivity contribution in [3.8, 4) is 0 Å². The maximum Gasteiger partial charge on any atom is 0.379 e. The Kier molecular flexibility index (Phi) is 4.18. The summed E-state index contributed by atoms with van der Waals surface area (Å²) in [6.07, 6.45) is 0. The van der Waals surface area contributed by atoms with Gasteiger partial charge in [-0.25, -0.2) is 9.18 Å². The number of carbonyl (C=O) groups excluding carboxylic acids is 2. The van der Waals surface area contributed by atoms with E-state index in [4.69, 9.17) is 0 Å². The van der Waals surface area contributed by atoms with Crippen molar-refractivity contribution in [1.82, 2.24) is 0 Å². The molecule has 0 atom stereocenters. The Morgan fingerprint density at radius 3 is 2.62 bits per heavy atom. The lowest BCUT2D eigenvalue weighted by atomic mass is 10.1. The second-order valence-corrected chi connectivity index (χ2v) is 3.90. The third-order valence-electron chi connectivity index (χ3n) is 1.97. The molecule has 0 fully saturated rings. The molecule has 0 aliphatic heterocycles. The van der Waals surface area contributed by atoms with E-state index in [2.05, 4.69) is 20.7 Å². The summed E-state index contributed by atoms with van der Waals surface area (Å²) in [4.78, 5) is 22.8. The van der Waals surface area contributed by atoms with Gasteiger partial charge in [0.05, 0.1) is 12.2 Å². The zero-order valence-corrected chi connectivity index (χ0v) is 10.4. The minimum atomic E-state index is -1.05. The first kappa shape index (κ1) is 12.8. The number of hydrogen-bond acceptors (Lipinski definition) is 3. The van der Waals surface area contributed by atoms with Crippen LogP contribution in [0.25, 0.3) is 0 Å². The number of halogens is 2. The summed E-state index contributed by atoms with van der Waals surface area (Å²) in [5.74, 6) is -2.77. The summed E-state index contributed by atoms with van der Waals surface area (Å²) in [5, 5.41) is 0. The molecule has 1 aromatic carbocycles. The van der Waals surface area contributed by atoms with Gasteiger partial charge in [-0.3, -0.25) is 4.79 Å². The molecule has 0 N–H and O–H groups in total. The average Bonchev–Trinajstić information content (AvgIpc) is 2.24. The van der Waals surface area contributed by atoms with E-state index in [0.717, 1.165) is 6.07 Å². The van der Waals surface area contributed by atoms with Crippen LogP contribution in [0.15, 0.2) is 16.6 Å². The molecular weight excluding hydrogens is 279 g/mol. The highest BCUT2D eigenvalue weighted by molar-refractivity contribution is 9.10. The summed E-state index contributed by atoms with van der Waals surface area (Å²) < 4.78 is 18.2. The van der Waals surface area contributed by atoms with E-state index in [1.165, 1.54) is 6.07 Å². The Hall–Kier alpha value is -1.23. The number of benzene rings is 1. The number of hydrogen-bond donors (Lipinski definition) is 0. The van der Waals surface area contributed by atoms with Crippen LogP contribution in [0.3, 0.4) is 0 Å². The van der Waals surface area contributed by atoms with Crippen molar-refractivity contribution in [2.45, 2.75) is 13.8 Å². The maximum atomic E-state index is 13.4. The summed E-state index contributed by atoms with van der Waals surface area (Å²) in [6.45, 7) is 3.36. The van der Waals surface area contributed by atoms with Gasteiger partial charge in [-0.15, -0.1) is 0 Å². The molecule has 0 aliphatic rings. The molecule has 0 amide bonds. The molecule has 1 aromatic rings. The fourth-order valence-corrected chi connectivity index (χ4v) is 1.67. The molecule has 3 nitrogen and oxygen atoms in total. The third-order valence-corrected chi connectivity index (χ3v) is 2.99. The fourth-order valence-electron chi connectivity index (χ4n) is 1.16. The lowest BCUT2D eigenvalue weighted by Gasteiger charge is -2.06. The molecule has 1 rings (SSSR count). The van der Waals surface area contributed by atoms with Crippen molar-refractivity contribution in [3.05, 3.63) is 33.5 Å². The highest BCUT2D eigenvalue weighted by Gasteiger charge is 2.24. The minimum absolute atomic E-state index is 0.0790. The molecule has 0 saturated heterocycles. The van der Waals surface area contributed by atoms with E-state index in [1.807, 2.05) is 0 Å². The van der Waals surface area contributed by atoms with Gasteiger partial charge in [-0.1, -0.05) is 6.07 Å². The van der Waals surface area contributed by atoms with Gasteiger partial charge in [0.1, 0.15) is 5.82 Å². The van der Waals surface area contributed by atoms with E-state index in [1.54, 1.807) is 13.8 Å². The van der Waals surface area contributed by atoms with E-state index >= 15 is 0 Å². The lowest BCUT2D eigenvalue weighted by Crippen LogP contribution is -2.19. The Balaban J connectivity index is 3.18. The number of ether oxygens (including phenoxy) is 1. The number of Topliss-reactive ketones (excluding diaryl/α,β-unsaturated/α-hetero) is 1. The van der Waals surface area contributed by atoms with Crippen molar-refractivity contribution in [1.29, 1.82) is 0 Å². The van der Waals surface area contributed by atoms with Crippen LogP contribution in [0.2, 0.25) is 0 Å². The number of carbonyl (C=O) groups is 2. The van der Waals surface area contributed by atoms with Gasteiger partial charge >= 0.3 is 5.97 Å². The standard InChI is InChI=1S/C11H10BrFO3/c1-3-16-11(15)10(14)8-7(13)5-4-6(2)9(8)12/h4-5H,3H2,1-2H3. The third kappa shape index (κ3) is 2.47. The van der Waals surface area contributed by atoms with Crippen molar-refractivity contribution >= 4 is 27.7 Å². The maximum absolute atomic E-state index is 13.4. The van der Waals surface area contributed by atoms with Crippen LogP contribution in [0.1, 0.15) is 22.8 Å². The Labute approximate surface area is 101 Å². The largest absolute Gasteiger partial charge is 0.460 e. The van der Waals surface area contributed by atoms with Crippen LogP contribution in [-0.4, -0.2) is 18.4 Å². The van der Waals surface area contributed by atoms with Crippen molar-refractivity contribution in [2.24, 2.45) is 0 Å². The molecule has 0 bridgehead atoms. The molecule has 0 unspecified atom stereocenters. The Bertz CT molecular complexity index is 443. The van der Waals surface area contributed by atoms with Gasteiger partial charge in [0, 0.05) is 4.47 Å². The number of esters is 1. The molecule has 0 aromatic heterocycles. The first-order chi connectivity index (χ1) is 7.49. The van der Waals surface area contributed by atoms with Gasteiger partial charge in [-0.2, -0.15) is 0 Å². The molecule has 0 radical (unpaired) electrons. The van der Waals surface area contributed by atoms with Gasteiger partial charge in [0.2, 0.25) is 0 Å². The monoisotopic (exact) mass is 288 g/mol. The highest BCUT2D eigenvalue weighted by Crippen LogP contribution is 2.24. The molecule has 0 aliphatic carbocycles. The molecule has 5 heteroatoms. The molecule has 0 heterocycles. The lowest BCUT2D eigenvalue weighted by molar-refractivity contribution is -0.137. The first-order valence-corrected chi connectivity index (χ1v) is 5.44. The Morgan fingerprint density at radius 1 is 1.44 bits per heavy atom. The molecule has 0 saturated carbocycles. The SMILES string of the molecule is CCOC(=O)C(=O)c1c(F)ccc(C)c1Br. The van der Waals surface area contributed by atoms with Crippen LogP contribution >= 0.6 is 15.9 Å². The normalized spacial score (nSPS) is 10.0. The van der Waals surface area contributed by atoms with E-state index < -0.39 is 17.6 Å². The van der Waals surface area contributed by atoms with E-state index in [0.29, 0.717) is 5.56 Å². The van der Waals surface area contributed by atoms with Crippen LogP contribution < -0.4 is 0 Å². The Morgan fingerprint density at radius 2 is 2.06 bits per heavy atom.